The van der Waals surface area contributed by atoms with Crippen LogP contribution in [0.25, 0.3) is 5.57 Å². The summed E-state index contributed by atoms with van der Waals surface area (Å²) >= 11 is 0. The van der Waals surface area contributed by atoms with Gasteiger partial charge in [0, 0.05) is 12.0 Å². The zero-order valence-corrected chi connectivity index (χ0v) is 10.6. The second-order valence-corrected chi connectivity index (χ2v) is 4.78. The molecule has 0 N–H and O–H groups in total. The van der Waals surface area contributed by atoms with E-state index in [-0.39, 0.29) is 0 Å². The molecule has 1 unspecified atom stereocenters. The highest BCUT2D eigenvalue weighted by Gasteiger charge is 2.27. The molecular weight excluding hydrogens is 194 g/mol. The van der Waals surface area contributed by atoms with Crippen molar-refractivity contribution in [3.63, 3.8) is 0 Å². The third-order valence-corrected chi connectivity index (χ3v) is 3.80. The molecule has 0 aliphatic carbocycles. The second kappa shape index (κ2) is 4.25. The third-order valence-electron chi connectivity index (χ3n) is 3.80. The van der Waals surface area contributed by atoms with Gasteiger partial charge in [-0.25, -0.2) is 4.58 Å². The normalized spacial score (nSPS) is 25.0. The quantitative estimate of drug-likeness (QED) is 0.632. The van der Waals surface area contributed by atoms with Gasteiger partial charge in [-0.05, 0) is 30.5 Å². The van der Waals surface area contributed by atoms with Gasteiger partial charge in [-0.1, -0.05) is 31.2 Å². The van der Waals surface area contributed by atoms with E-state index in [0.717, 1.165) is 0 Å². The molecule has 84 valence electrons. The number of hydrogen-bond donors (Lipinski definition) is 0. The molecule has 1 aliphatic rings. The Morgan fingerprint density at radius 3 is 2.50 bits per heavy atom. The molecule has 1 nitrogen and oxygen atoms in total. The summed E-state index contributed by atoms with van der Waals surface area (Å²) in [7, 11) is 2.15. The van der Waals surface area contributed by atoms with Crippen molar-refractivity contribution in [2.45, 2.75) is 26.8 Å². The van der Waals surface area contributed by atoms with Crippen LogP contribution in [0.3, 0.4) is 0 Å². The smallest absolute Gasteiger partial charge is 0.163 e. The third kappa shape index (κ3) is 1.82. The molecule has 1 aliphatic heterocycles. The lowest BCUT2D eigenvalue weighted by Gasteiger charge is -2.24. The van der Waals surface area contributed by atoms with Gasteiger partial charge in [0.25, 0.3) is 0 Å². The predicted molar refractivity (Wildman–Crippen MR) is 70.0 cm³/mol. The number of rotatable bonds is 1. The van der Waals surface area contributed by atoms with E-state index < -0.39 is 0 Å². The fourth-order valence-corrected chi connectivity index (χ4v) is 2.33. The Bertz CT molecular complexity index is 454. The largest absolute Gasteiger partial charge is 0.236 e. The van der Waals surface area contributed by atoms with Crippen LogP contribution in [0.5, 0.6) is 0 Å². The van der Waals surface area contributed by atoms with E-state index in [1.54, 1.807) is 0 Å². The summed E-state index contributed by atoms with van der Waals surface area (Å²) in [6.45, 7) is 6.78. The average Bonchev–Trinajstić information content (AvgIpc) is 2.28. The number of hydrogen-bond acceptors (Lipinski definition) is 0. The second-order valence-electron chi connectivity index (χ2n) is 4.78. The van der Waals surface area contributed by atoms with Crippen molar-refractivity contribution in [2.75, 3.05) is 7.05 Å². The molecule has 0 fully saturated rings. The minimum Gasteiger partial charge on any atom is -0.236 e. The Morgan fingerprint density at radius 1 is 1.12 bits per heavy atom. The lowest BCUT2D eigenvalue weighted by atomic mass is 9.85. The van der Waals surface area contributed by atoms with Gasteiger partial charge in [-0.2, -0.15) is 0 Å². The Kier molecular flexibility index (Phi) is 2.95. The minimum atomic E-state index is 0.569. The van der Waals surface area contributed by atoms with E-state index in [2.05, 4.69) is 69.0 Å². The molecule has 1 aromatic rings. The van der Waals surface area contributed by atoms with Gasteiger partial charge in [0.15, 0.2) is 12.3 Å². The van der Waals surface area contributed by atoms with Gasteiger partial charge in [0.1, 0.15) is 7.05 Å². The topological polar surface area (TPSA) is 3.01 Å². The Hall–Kier alpha value is -1.37. The van der Waals surface area contributed by atoms with Crippen LogP contribution < -0.4 is 0 Å². The van der Waals surface area contributed by atoms with Gasteiger partial charge in [-0.3, -0.25) is 0 Å². The zero-order valence-electron chi connectivity index (χ0n) is 10.6. The monoisotopic (exact) mass is 214 g/mol. The average molecular weight is 214 g/mol. The molecule has 1 heteroatoms. The van der Waals surface area contributed by atoms with Gasteiger partial charge >= 0.3 is 0 Å². The molecule has 0 saturated carbocycles. The minimum absolute atomic E-state index is 0.569. The molecule has 0 radical (unpaired) electrons. The molecule has 1 heterocycles. The number of aryl methyl sites for hydroxylation is 1. The molecule has 0 saturated heterocycles. The summed E-state index contributed by atoms with van der Waals surface area (Å²) in [5.41, 5.74) is 4.22. The highest BCUT2D eigenvalue weighted by Crippen LogP contribution is 2.30. The highest BCUT2D eigenvalue weighted by molar-refractivity contribution is 5.85. The van der Waals surface area contributed by atoms with Crippen molar-refractivity contribution < 1.29 is 4.58 Å². The lowest BCUT2D eigenvalue weighted by Crippen LogP contribution is -2.31. The first kappa shape index (κ1) is 11.1. The number of nitrogens with zero attached hydrogens (tertiary/aromatic N) is 1. The first-order valence-corrected chi connectivity index (χ1v) is 5.94. The molecular formula is C15H20N+. The molecule has 0 bridgehead atoms. The van der Waals surface area contributed by atoms with E-state index in [4.69, 9.17) is 0 Å². The molecule has 16 heavy (non-hydrogen) atoms. The fraction of sp³-hybridized carbons (Fsp3) is 0.400. The molecule has 0 spiro atoms. The summed E-state index contributed by atoms with van der Waals surface area (Å²) in [5, 5.41) is 0. The highest BCUT2D eigenvalue weighted by atomic mass is 15.0. The van der Waals surface area contributed by atoms with Crippen LogP contribution >= 0.6 is 0 Å². The van der Waals surface area contributed by atoms with Crippen molar-refractivity contribution in [3.05, 3.63) is 41.5 Å². The van der Waals surface area contributed by atoms with E-state index in [0.29, 0.717) is 12.0 Å². The van der Waals surface area contributed by atoms with Crippen LogP contribution in [-0.4, -0.2) is 23.9 Å². The molecule has 2 rings (SSSR count). The van der Waals surface area contributed by atoms with Crippen molar-refractivity contribution >= 4 is 11.8 Å². The summed E-state index contributed by atoms with van der Waals surface area (Å²) in [4.78, 5) is 0. The van der Waals surface area contributed by atoms with Crippen molar-refractivity contribution in [1.82, 2.24) is 0 Å². The maximum atomic E-state index is 2.31. The van der Waals surface area contributed by atoms with Gasteiger partial charge in [-0.15, -0.1) is 0 Å². The first-order chi connectivity index (χ1) is 7.61. The summed E-state index contributed by atoms with van der Waals surface area (Å²) in [6, 6.07) is 9.21. The van der Waals surface area contributed by atoms with Crippen LogP contribution in [0.2, 0.25) is 0 Å². The molecule has 1 aromatic carbocycles. The number of allylic oxidation sites excluding steroid dienone is 1. The fourth-order valence-electron chi connectivity index (χ4n) is 2.33. The molecule has 2 atom stereocenters. The Balaban J connectivity index is 2.46. The zero-order chi connectivity index (χ0) is 11.7. The molecule has 0 aromatic heterocycles. The van der Waals surface area contributed by atoms with E-state index in [1.807, 2.05) is 0 Å². The standard InChI is InChI=1S/C15H20N/c1-11-7-5-6-8-14(11)15-9-10-16(4)13(3)12(15)2/h5-10,12-13H,1-4H3/q+1/t12-,13?/m0/s1. The van der Waals surface area contributed by atoms with Gasteiger partial charge in [0.2, 0.25) is 0 Å². The van der Waals surface area contributed by atoms with Crippen LogP contribution in [0.4, 0.5) is 0 Å². The summed E-state index contributed by atoms with van der Waals surface area (Å²) in [5.74, 6) is 0.580. The van der Waals surface area contributed by atoms with Crippen molar-refractivity contribution in [3.8, 4) is 0 Å². The Labute approximate surface area is 98.1 Å². The van der Waals surface area contributed by atoms with Gasteiger partial charge in [0.05, 0.1) is 0 Å². The Morgan fingerprint density at radius 2 is 1.81 bits per heavy atom. The van der Waals surface area contributed by atoms with Crippen LogP contribution in [0.1, 0.15) is 25.0 Å². The molecule has 0 amide bonds. The van der Waals surface area contributed by atoms with Crippen LogP contribution in [0.15, 0.2) is 30.3 Å². The van der Waals surface area contributed by atoms with Gasteiger partial charge < -0.3 is 0 Å². The van der Waals surface area contributed by atoms with Crippen molar-refractivity contribution in [2.24, 2.45) is 5.92 Å². The summed E-state index contributed by atoms with van der Waals surface area (Å²) in [6.07, 6.45) is 4.44. The SMILES string of the molecule is Cc1ccccc1C1=CC=[N+](C)C(C)[C@@H]1C. The first-order valence-electron chi connectivity index (χ1n) is 5.94. The van der Waals surface area contributed by atoms with Crippen LogP contribution in [0, 0.1) is 12.8 Å². The maximum absolute atomic E-state index is 2.31. The predicted octanol–water partition coefficient (Wildman–Crippen LogP) is 3.13. The van der Waals surface area contributed by atoms with E-state index in [1.165, 1.54) is 16.7 Å². The summed E-state index contributed by atoms with van der Waals surface area (Å²) < 4.78 is 2.28. The maximum Gasteiger partial charge on any atom is 0.163 e. The lowest BCUT2D eigenvalue weighted by molar-refractivity contribution is -0.535. The van der Waals surface area contributed by atoms with Crippen molar-refractivity contribution in [1.29, 1.82) is 0 Å². The van der Waals surface area contributed by atoms with E-state index >= 15 is 0 Å². The number of benzene rings is 1. The van der Waals surface area contributed by atoms with Crippen LogP contribution in [-0.2, 0) is 0 Å². The van der Waals surface area contributed by atoms with E-state index in [9.17, 15) is 0 Å².